The highest BCUT2D eigenvalue weighted by Crippen LogP contribution is 2.25. The maximum atomic E-state index is 12.5. The molecule has 4 rings (SSSR count). The molecule has 3 heterocycles. The number of amides is 1. The van der Waals surface area contributed by atoms with Gasteiger partial charge in [-0.25, -0.2) is 4.98 Å². The molecule has 0 unspecified atom stereocenters. The molecule has 1 fully saturated rings. The number of nitrogens with one attached hydrogen (secondary N) is 2. The van der Waals surface area contributed by atoms with Gasteiger partial charge in [0.1, 0.15) is 11.5 Å². The molecule has 1 aliphatic heterocycles. The summed E-state index contributed by atoms with van der Waals surface area (Å²) in [4.78, 5) is 22.6. The Morgan fingerprint density at radius 3 is 3.12 bits per heavy atom. The van der Waals surface area contributed by atoms with Crippen molar-refractivity contribution in [2.75, 3.05) is 18.0 Å². The van der Waals surface area contributed by atoms with Crippen LogP contribution in [0.4, 0.5) is 5.95 Å². The number of aryl methyl sites for hydroxylation is 1. The number of fused-ring (bicyclic) bond motifs is 1. The van der Waals surface area contributed by atoms with Crippen LogP contribution in [-0.2, 0) is 11.3 Å². The zero-order valence-corrected chi connectivity index (χ0v) is 15.3. The highest BCUT2D eigenvalue weighted by molar-refractivity contribution is 6.31. The summed E-state index contributed by atoms with van der Waals surface area (Å²) in [7, 11) is 0. The summed E-state index contributed by atoms with van der Waals surface area (Å²) in [5, 5.41) is 3.66. The maximum Gasteiger partial charge on any atom is 0.225 e. The minimum atomic E-state index is -0.0587. The first-order valence-electron chi connectivity index (χ1n) is 8.82. The third kappa shape index (κ3) is 3.55. The fourth-order valence-corrected chi connectivity index (χ4v) is 3.57. The van der Waals surface area contributed by atoms with Gasteiger partial charge in [-0.15, -0.1) is 0 Å². The van der Waals surface area contributed by atoms with Gasteiger partial charge in [-0.1, -0.05) is 11.6 Å². The van der Waals surface area contributed by atoms with Gasteiger partial charge >= 0.3 is 0 Å². The number of benzene rings is 1. The summed E-state index contributed by atoms with van der Waals surface area (Å²) >= 11 is 6.04. The molecule has 2 aromatic heterocycles. The molecule has 0 radical (unpaired) electrons. The van der Waals surface area contributed by atoms with E-state index < -0.39 is 0 Å². The normalized spacial score (nSPS) is 17.6. The van der Waals surface area contributed by atoms with Crippen LogP contribution in [-0.4, -0.2) is 29.0 Å². The van der Waals surface area contributed by atoms with E-state index in [2.05, 4.69) is 20.2 Å². The van der Waals surface area contributed by atoms with Crippen LogP contribution in [0.3, 0.4) is 0 Å². The Balaban J connectivity index is 1.41. The number of hydrogen-bond donors (Lipinski definition) is 2. The summed E-state index contributed by atoms with van der Waals surface area (Å²) in [5.41, 5.74) is 1.79. The number of carbonyl (C=O) groups excluding carboxylic acids is 1. The molecule has 3 aromatic rings. The number of piperidine rings is 1. The Morgan fingerprint density at radius 1 is 1.42 bits per heavy atom. The SMILES string of the molecule is Cc1ccc(CNC(=O)[C@H]2CCCN(c3nc4ccc(Cl)cc4[nH]3)C2)o1. The summed E-state index contributed by atoms with van der Waals surface area (Å²) in [5.74, 6) is 2.42. The van der Waals surface area contributed by atoms with E-state index in [1.54, 1.807) is 0 Å². The molecule has 0 bridgehead atoms. The number of rotatable bonds is 4. The van der Waals surface area contributed by atoms with Crippen LogP contribution >= 0.6 is 11.6 Å². The number of imidazole rings is 1. The monoisotopic (exact) mass is 372 g/mol. The molecule has 2 N–H and O–H groups in total. The highest BCUT2D eigenvalue weighted by atomic mass is 35.5. The van der Waals surface area contributed by atoms with Gasteiger partial charge < -0.3 is 19.6 Å². The minimum absolute atomic E-state index is 0.0582. The van der Waals surface area contributed by atoms with Crippen molar-refractivity contribution in [3.8, 4) is 0 Å². The largest absolute Gasteiger partial charge is 0.465 e. The lowest BCUT2D eigenvalue weighted by Crippen LogP contribution is -2.43. The Bertz CT molecular complexity index is 933. The molecular weight excluding hydrogens is 352 g/mol. The number of nitrogens with zero attached hydrogens (tertiary/aromatic N) is 2. The molecule has 26 heavy (non-hydrogen) atoms. The van der Waals surface area contributed by atoms with E-state index in [9.17, 15) is 4.79 Å². The average molecular weight is 373 g/mol. The smallest absolute Gasteiger partial charge is 0.225 e. The highest BCUT2D eigenvalue weighted by Gasteiger charge is 2.27. The maximum absolute atomic E-state index is 12.5. The second-order valence-electron chi connectivity index (χ2n) is 6.74. The molecule has 1 aliphatic rings. The molecule has 0 aliphatic carbocycles. The van der Waals surface area contributed by atoms with Gasteiger partial charge in [0.2, 0.25) is 11.9 Å². The lowest BCUT2D eigenvalue weighted by atomic mass is 9.97. The van der Waals surface area contributed by atoms with Crippen molar-refractivity contribution < 1.29 is 9.21 Å². The topological polar surface area (TPSA) is 74.2 Å². The fraction of sp³-hybridized carbons (Fsp3) is 0.368. The van der Waals surface area contributed by atoms with E-state index in [4.69, 9.17) is 16.0 Å². The molecule has 136 valence electrons. The van der Waals surface area contributed by atoms with E-state index >= 15 is 0 Å². The first-order chi connectivity index (χ1) is 12.6. The quantitative estimate of drug-likeness (QED) is 0.733. The van der Waals surface area contributed by atoms with Crippen LogP contribution in [0.2, 0.25) is 5.02 Å². The number of aromatic amines is 1. The van der Waals surface area contributed by atoms with Crippen molar-refractivity contribution in [3.05, 3.63) is 46.9 Å². The van der Waals surface area contributed by atoms with Gasteiger partial charge in [0, 0.05) is 18.1 Å². The molecule has 6 nitrogen and oxygen atoms in total. The van der Waals surface area contributed by atoms with E-state index in [1.165, 1.54) is 0 Å². The Morgan fingerprint density at radius 2 is 2.31 bits per heavy atom. The number of anilines is 1. The van der Waals surface area contributed by atoms with Crippen molar-refractivity contribution in [1.82, 2.24) is 15.3 Å². The standard InChI is InChI=1S/C19H21ClN4O2/c1-12-4-6-15(26-12)10-21-18(25)13-3-2-8-24(11-13)19-22-16-7-5-14(20)9-17(16)23-19/h4-7,9,13H,2-3,8,10-11H2,1H3,(H,21,25)(H,22,23)/t13-/m0/s1. The summed E-state index contributed by atoms with van der Waals surface area (Å²) in [6.45, 7) is 3.85. The molecule has 1 atom stereocenters. The van der Waals surface area contributed by atoms with Crippen LogP contribution in [0.25, 0.3) is 11.0 Å². The van der Waals surface area contributed by atoms with Crippen LogP contribution < -0.4 is 10.2 Å². The van der Waals surface area contributed by atoms with Crippen molar-refractivity contribution in [1.29, 1.82) is 0 Å². The van der Waals surface area contributed by atoms with E-state index in [1.807, 2.05) is 37.3 Å². The van der Waals surface area contributed by atoms with Crippen molar-refractivity contribution in [2.24, 2.45) is 5.92 Å². The van der Waals surface area contributed by atoms with Gasteiger partial charge in [0.05, 0.1) is 23.5 Å². The first-order valence-corrected chi connectivity index (χ1v) is 9.19. The number of aromatic nitrogens is 2. The molecule has 0 spiro atoms. The third-order valence-electron chi connectivity index (χ3n) is 4.76. The van der Waals surface area contributed by atoms with Gasteiger partial charge in [0.25, 0.3) is 0 Å². The molecule has 1 aromatic carbocycles. The Hall–Kier alpha value is -2.47. The fourth-order valence-electron chi connectivity index (χ4n) is 3.40. The molecule has 0 saturated carbocycles. The van der Waals surface area contributed by atoms with Crippen molar-refractivity contribution in [2.45, 2.75) is 26.3 Å². The second kappa shape index (κ2) is 7.03. The Labute approximate surface area is 156 Å². The third-order valence-corrected chi connectivity index (χ3v) is 4.99. The van der Waals surface area contributed by atoms with Crippen LogP contribution in [0.1, 0.15) is 24.4 Å². The molecular formula is C19H21ClN4O2. The van der Waals surface area contributed by atoms with E-state index in [0.29, 0.717) is 18.1 Å². The summed E-state index contributed by atoms with van der Waals surface area (Å²) in [6, 6.07) is 9.39. The number of carbonyl (C=O) groups is 1. The number of hydrogen-bond acceptors (Lipinski definition) is 4. The lowest BCUT2D eigenvalue weighted by molar-refractivity contribution is -0.125. The van der Waals surface area contributed by atoms with E-state index in [-0.39, 0.29) is 11.8 Å². The predicted molar refractivity (Wildman–Crippen MR) is 101 cm³/mol. The molecule has 7 heteroatoms. The summed E-state index contributed by atoms with van der Waals surface area (Å²) < 4.78 is 5.50. The number of halogens is 1. The van der Waals surface area contributed by atoms with Crippen LogP contribution in [0.15, 0.2) is 34.7 Å². The first kappa shape index (κ1) is 17.0. The minimum Gasteiger partial charge on any atom is -0.465 e. The number of H-pyrrole nitrogens is 1. The van der Waals surface area contributed by atoms with Crippen LogP contribution in [0.5, 0.6) is 0 Å². The lowest BCUT2D eigenvalue weighted by Gasteiger charge is -2.31. The summed E-state index contributed by atoms with van der Waals surface area (Å²) in [6.07, 6.45) is 1.83. The van der Waals surface area contributed by atoms with Gasteiger partial charge in [0.15, 0.2) is 0 Å². The van der Waals surface area contributed by atoms with Crippen molar-refractivity contribution >= 4 is 34.5 Å². The number of furan rings is 1. The van der Waals surface area contributed by atoms with Crippen LogP contribution in [0, 0.1) is 12.8 Å². The van der Waals surface area contributed by atoms with Crippen molar-refractivity contribution in [3.63, 3.8) is 0 Å². The molecule has 1 amide bonds. The van der Waals surface area contributed by atoms with Gasteiger partial charge in [-0.05, 0) is 50.1 Å². The molecule has 1 saturated heterocycles. The Kier molecular flexibility index (Phi) is 4.59. The zero-order valence-electron chi connectivity index (χ0n) is 14.6. The average Bonchev–Trinajstić information content (AvgIpc) is 3.25. The zero-order chi connectivity index (χ0) is 18.1. The second-order valence-corrected chi connectivity index (χ2v) is 7.17. The predicted octanol–water partition coefficient (Wildman–Crippen LogP) is 3.65. The van der Waals surface area contributed by atoms with Gasteiger partial charge in [-0.2, -0.15) is 0 Å². The van der Waals surface area contributed by atoms with Gasteiger partial charge in [-0.3, -0.25) is 4.79 Å². The van der Waals surface area contributed by atoms with E-state index in [0.717, 1.165) is 47.9 Å².